The highest BCUT2D eigenvalue weighted by Crippen LogP contribution is 2.43. The number of carbonyl (C=O) groups is 1. The molecule has 0 radical (unpaired) electrons. The summed E-state index contributed by atoms with van der Waals surface area (Å²) in [5, 5.41) is 8.41. The molecular weight excluding hydrogens is 531 g/mol. The molecule has 0 spiro atoms. The fourth-order valence-corrected chi connectivity index (χ4v) is 5.89. The Bertz CT molecular complexity index is 1650. The molecule has 2 aliphatic heterocycles. The maximum atomic E-state index is 13.7. The van der Waals surface area contributed by atoms with Gasteiger partial charge in [0.25, 0.3) is 5.91 Å². The van der Waals surface area contributed by atoms with Crippen molar-refractivity contribution in [1.29, 1.82) is 0 Å². The average molecular weight is 558 g/mol. The summed E-state index contributed by atoms with van der Waals surface area (Å²) in [6, 6.07) is 19.8. The van der Waals surface area contributed by atoms with Crippen molar-refractivity contribution in [2.75, 3.05) is 17.3 Å². The number of guanidine groups is 1. The van der Waals surface area contributed by atoms with Crippen LogP contribution in [-0.2, 0) is 12.7 Å². The SMILES string of the molecule is CN1C(=O)c2c(nn(Cc3ccc(-c4ccc(C(F)(F)F)cn4)cc3)c2Nc2ccccc2)N2C1=N[C@@H]1CCC[C@@H]12. The lowest BCUT2D eigenvalue weighted by Gasteiger charge is -2.34. The number of aliphatic imine (C=N–C) groups is 1. The van der Waals surface area contributed by atoms with Crippen LogP contribution in [0, 0.1) is 0 Å². The van der Waals surface area contributed by atoms with E-state index in [0.29, 0.717) is 41.0 Å². The molecule has 1 N–H and O–H groups in total. The predicted molar refractivity (Wildman–Crippen MR) is 149 cm³/mol. The van der Waals surface area contributed by atoms with Crippen LogP contribution in [0.1, 0.15) is 40.7 Å². The number of para-hydroxylation sites is 1. The summed E-state index contributed by atoms with van der Waals surface area (Å²) in [7, 11) is 1.76. The van der Waals surface area contributed by atoms with E-state index in [0.717, 1.165) is 42.8 Å². The molecule has 0 unspecified atom stereocenters. The van der Waals surface area contributed by atoms with Crippen molar-refractivity contribution in [3.63, 3.8) is 0 Å². The Labute approximate surface area is 234 Å². The zero-order valence-corrected chi connectivity index (χ0v) is 22.1. The van der Waals surface area contributed by atoms with Crippen LogP contribution in [-0.4, -0.2) is 50.7 Å². The van der Waals surface area contributed by atoms with Crippen LogP contribution in [0.2, 0.25) is 0 Å². The molecule has 4 heterocycles. The Hall–Kier alpha value is -4.67. The Morgan fingerprint density at radius 2 is 1.78 bits per heavy atom. The molecule has 2 aromatic carbocycles. The first-order valence-electron chi connectivity index (χ1n) is 13.5. The molecule has 4 aromatic rings. The summed E-state index contributed by atoms with van der Waals surface area (Å²) in [6.07, 6.45) is -0.505. The first kappa shape index (κ1) is 25.3. The molecule has 41 heavy (non-hydrogen) atoms. The number of benzene rings is 2. The van der Waals surface area contributed by atoms with E-state index in [1.54, 1.807) is 16.6 Å². The van der Waals surface area contributed by atoms with Crippen molar-refractivity contribution in [2.45, 2.75) is 44.1 Å². The summed E-state index contributed by atoms with van der Waals surface area (Å²) in [6.45, 7) is 0.369. The van der Waals surface area contributed by atoms with Gasteiger partial charge in [0.15, 0.2) is 5.82 Å². The van der Waals surface area contributed by atoms with Gasteiger partial charge < -0.3 is 5.32 Å². The van der Waals surface area contributed by atoms with Gasteiger partial charge in [-0.2, -0.15) is 18.3 Å². The lowest BCUT2D eigenvalue weighted by atomic mass is 10.1. The molecule has 7 rings (SSSR count). The molecule has 8 nitrogen and oxygen atoms in total. The van der Waals surface area contributed by atoms with Crippen LogP contribution in [0.25, 0.3) is 11.3 Å². The number of alkyl halides is 3. The largest absolute Gasteiger partial charge is 0.417 e. The van der Waals surface area contributed by atoms with Crippen LogP contribution in [0.4, 0.5) is 30.5 Å². The van der Waals surface area contributed by atoms with Gasteiger partial charge in [0.05, 0.1) is 29.9 Å². The number of rotatable bonds is 5. The lowest BCUT2D eigenvalue weighted by molar-refractivity contribution is -0.137. The van der Waals surface area contributed by atoms with Crippen molar-refractivity contribution in [3.05, 3.63) is 89.6 Å². The van der Waals surface area contributed by atoms with Crippen molar-refractivity contribution < 1.29 is 18.0 Å². The molecule has 1 aliphatic carbocycles. The highest BCUT2D eigenvalue weighted by atomic mass is 19.4. The lowest BCUT2D eigenvalue weighted by Crippen LogP contribution is -2.51. The van der Waals surface area contributed by atoms with Gasteiger partial charge >= 0.3 is 6.18 Å². The average Bonchev–Trinajstić information content (AvgIpc) is 3.66. The number of halogens is 3. The van der Waals surface area contributed by atoms with E-state index in [-0.39, 0.29) is 18.0 Å². The van der Waals surface area contributed by atoms with Gasteiger partial charge in [-0.3, -0.25) is 19.6 Å². The number of hydrogen-bond donors (Lipinski definition) is 1. The van der Waals surface area contributed by atoms with E-state index >= 15 is 0 Å². The minimum atomic E-state index is -4.43. The van der Waals surface area contributed by atoms with E-state index in [1.807, 2.05) is 54.6 Å². The molecule has 3 aliphatic rings. The van der Waals surface area contributed by atoms with Crippen LogP contribution < -0.4 is 10.2 Å². The first-order valence-corrected chi connectivity index (χ1v) is 13.5. The standard InChI is InChI=1S/C30H26F3N7O/c1-38-28(41)25-26(35-21-6-3-2-4-7-21)39(37-27(25)40-24-9-5-8-23(24)36-29(38)40)17-18-10-12-19(13-11-18)22-15-14-20(16-34-22)30(31,32)33/h2-4,6-7,10-16,23-24,35H,5,8-9,17H2,1H3/t23-,24+/m1/s1. The molecule has 1 amide bonds. The third-order valence-corrected chi connectivity index (χ3v) is 7.96. The summed E-state index contributed by atoms with van der Waals surface area (Å²) in [5.41, 5.74) is 2.61. The minimum Gasteiger partial charge on any atom is -0.340 e. The van der Waals surface area contributed by atoms with Gasteiger partial charge in [-0.25, -0.2) is 9.67 Å². The fraction of sp³-hybridized carbons (Fsp3) is 0.267. The zero-order valence-electron chi connectivity index (χ0n) is 22.1. The van der Waals surface area contributed by atoms with Crippen molar-refractivity contribution in [3.8, 4) is 11.3 Å². The maximum absolute atomic E-state index is 13.7. The number of nitrogens with one attached hydrogen (secondary N) is 1. The van der Waals surface area contributed by atoms with Crippen LogP contribution in [0.5, 0.6) is 0 Å². The van der Waals surface area contributed by atoms with Crippen molar-refractivity contribution in [1.82, 2.24) is 19.7 Å². The van der Waals surface area contributed by atoms with Gasteiger partial charge in [0.1, 0.15) is 11.4 Å². The number of fused-ring (bicyclic) bond motifs is 5. The predicted octanol–water partition coefficient (Wildman–Crippen LogP) is 5.94. The number of carbonyl (C=O) groups excluding carboxylic acids is 1. The van der Waals surface area contributed by atoms with Gasteiger partial charge in [-0.1, -0.05) is 42.5 Å². The molecule has 208 valence electrons. The van der Waals surface area contributed by atoms with Crippen molar-refractivity contribution >= 4 is 29.2 Å². The molecule has 1 fully saturated rings. The normalized spacial score (nSPS) is 19.6. The third kappa shape index (κ3) is 4.32. The second kappa shape index (κ2) is 9.46. The number of pyridine rings is 1. The Balaban J connectivity index is 1.24. The first-order chi connectivity index (χ1) is 19.8. The second-order valence-electron chi connectivity index (χ2n) is 10.6. The Morgan fingerprint density at radius 3 is 2.49 bits per heavy atom. The van der Waals surface area contributed by atoms with Crippen LogP contribution in [0.15, 0.2) is 77.9 Å². The Morgan fingerprint density at radius 1 is 1.00 bits per heavy atom. The molecule has 2 aromatic heterocycles. The smallest absolute Gasteiger partial charge is 0.340 e. The zero-order chi connectivity index (χ0) is 28.3. The van der Waals surface area contributed by atoms with Gasteiger partial charge in [-0.15, -0.1) is 0 Å². The molecule has 11 heteroatoms. The number of nitrogens with zero attached hydrogens (tertiary/aromatic N) is 6. The minimum absolute atomic E-state index is 0.160. The summed E-state index contributed by atoms with van der Waals surface area (Å²) in [4.78, 5) is 26.3. The van der Waals surface area contributed by atoms with E-state index in [9.17, 15) is 18.0 Å². The second-order valence-corrected chi connectivity index (χ2v) is 10.6. The highest BCUT2D eigenvalue weighted by molar-refractivity contribution is 6.21. The van der Waals surface area contributed by atoms with Gasteiger partial charge in [-0.05, 0) is 49.1 Å². The Kier molecular flexibility index (Phi) is 5.84. The van der Waals surface area contributed by atoms with Gasteiger partial charge in [0.2, 0.25) is 5.96 Å². The van der Waals surface area contributed by atoms with E-state index in [4.69, 9.17) is 10.1 Å². The van der Waals surface area contributed by atoms with E-state index < -0.39 is 11.7 Å². The number of hydrogen-bond acceptors (Lipinski definition) is 6. The summed E-state index contributed by atoms with van der Waals surface area (Å²) < 4.78 is 40.6. The quantitative estimate of drug-likeness (QED) is 0.329. The summed E-state index contributed by atoms with van der Waals surface area (Å²) >= 11 is 0. The topological polar surface area (TPSA) is 78.7 Å². The fourth-order valence-electron chi connectivity index (χ4n) is 5.89. The van der Waals surface area contributed by atoms with Crippen LogP contribution >= 0.6 is 0 Å². The molecule has 1 saturated carbocycles. The molecular formula is C30H26F3N7O. The number of anilines is 3. The number of aromatic nitrogens is 3. The maximum Gasteiger partial charge on any atom is 0.417 e. The molecule has 2 atom stereocenters. The third-order valence-electron chi connectivity index (χ3n) is 7.96. The number of amides is 1. The van der Waals surface area contributed by atoms with E-state index in [2.05, 4.69) is 15.2 Å². The molecule has 0 bridgehead atoms. The summed E-state index contributed by atoms with van der Waals surface area (Å²) in [5.74, 6) is 1.70. The van der Waals surface area contributed by atoms with Gasteiger partial charge in [0, 0.05) is 24.5 Å². The van der Waals surface area contributed by atoms with E-state index in [1.165, 1.54) is 6.07 Å². The monoisotopic (exact) mass is 557 g/mol. The molecule has 0 saturated heterocycles. The van der Waals surface area contributed by atoms with Crippen LogP contribution in [0.3, 0.4) is 0 Å². The van der Waals surface area contributed by atoms with Crippen molar-refractivity contribution in [2.24, 2.45) is 4.99 Å². The highest BCUT2D eigenvalue weighted by Gasteiger charge is 2.49.